The summed E-state index contributed by atoms with van der Waals surface area (Å²) < 4.78 is 5.28. The van der Waals surface area contributed by atoms with Gasteiger partial charge in [-0.15, -0.1) is 0 Å². The molecule has 5 nitrogen and oxygen atoms in total. The molecule has 0 saturated carbocycles. The Bertz CT molecular complexity index is 234. The predicted octanol–water partition coefficient (Wildman–Crippen LogP) is 1.75. The van der Waals surface area contributed by atoms with Crippen molar-refractivity contribution in [3.05, 3.63) is 0 Å². The lowest BCUT2D eigenvalue weighted by Crippen LogP contribution is -2.42. The first kappa shape index (κ1) is 18.2. The molecule has 0 spiro atoms. The van der Waals surface area contributed by atoms with E-state index in [0.29, 0.717) is 23.7 Å². The number of nitrogens with two attached hydrogens (primary N) is 1. The summed E-state index contributed by atoms with van der Waals surface area (Å²) in [6.45, 7) is 14.1. The monoisotopic (exact) mass is 272 g/mol. The van der Waals surface area contributed by atoms with Crippen LogP contribution in [0.2, 0.25) is 0 Å². The van der Waals surface area contributed by atoms with E-state index >= 15 is 0 Å². The second-order valence-electron chi connectivity index (χ2n) is 5.46. The molecule has 0 atom stereocenters. The summed E-state index contributed by atoms with van der Waals surface area (Å²) in [5.41, 5.74) is 2.62. The second kappa shape index (κ2) is 11.1. The Morgan fingerprint density at radius 2 is 1.84 bits per heavy atom. The van der Waals surface area contributed by atoms with Gasteiger partial charge in [-0.05, 0) is 31.1 Å². The highest BCUT2D eigenvalue weighted by atomic mass is 16.5. The van der Waals surface area contributed by atoms with Crippen molar-refractivity contribution in [2.24, 2.45) is 28.6 Å². The van der Waals surface area contributed by atoms with Crippen molar-refractivity contribution in [3.63, 3.8) is 0 Å². The van der Waals surface area contributed by atoms with E-state index < -0.39 is 0 Å². The van der Waals surface area contributed by atoms with Gasteiger partial charge in [-0.3, -0.25) is 10.4 Å². The first-order valence-corrected chi connectivity index (χ1v) is 7.35. The van der Waals surface area contributed by atoms with E-state index in [2.05, 4.69) is 43.4 Å². The largest absolute Gasteiger partial charge is 0.382 e. The van der Waals surface area contributed by atoms with Crippen LogP contribution in [0.3, 0.4) is 0 Å². The Balaban J connectivity index is 4.08. The van der Waals surface area contributed by atoms with Crippen LogP contribution >= 0.6 is 0 Å². The summed E-state index contributed by atoms with van der Waals surface area (Å²) in [7, 11) is 0. The van der Waals surface area contributed by atoms with Crippen molar-refractivity contribution in [1.82, 2.24) is 10.7 Å². The van der Waals surface area contributed by atoms with E-state index in [9.17, 15) is 0 Å². The molecule has 0 amide bonds. The number of ether oxygens (including phenoxy) is 1. The smallest absolute Gasteiger partial charge is 0.205 e. The molecule has 0 aromatic rings. The molecular formula is C14H32N4O. The molecule has 5 heteroatoms. The lowest BCUT2D eigenvalue weighted by atomic mass is 9.86. The summed E-state index contributed by atoms with van der Waals surface area (Å²) in [5.74, 6) is 7.98. The van der Waals surface area contributed by atoms with Gasteiger partial charge in [0, 0.05) is 26.3 Å². The van der Waals surface area contributed by atoms with Gasteiger partial charge in [-0.2, -0.15) is 0 Å². The third-order valence-electron chi connectivity index (χ3n) is 3.27. The molecule has 0 saturated heterocycles. The van der Waals surface area contributed by atoms with E-state index in [0.717, 1.165) is 32.7 Å². The van der Waals surface area contributed by atoms with Crippen LogP contribution in [0.25, 0.3) is 0 Å². The van der Waals surface area contributed by atoms with Crippen LogP contribution in [-0.4, -0.2) is 32.3 Å². The molecule has 0 unspecified atom stereocenters. The van der Waals surface area contributed by atoms with Gasteiger partial charge in [0.25, 0.3) is 0 Å². The van der Waals surface area contributed by atoms with Crippen molar-refractivity contribution in [2.75, 3.05) is 26.3 Å². The molecule has 0 rings (SSSR count). The Morgan fingerprint density at radius 3 is 2.32 bits per heavy atom. The summed E-state index contributed by atoms with van der Waals surface area (Å²) in [4.78, 5) is 4.53. The maximum atomic E-state index is 5.48. The minimum absolute atomic E-state index is 0.577. The van der Waals surface area contributed by atoms with Crippen LogP contribution in [0.5, 0.6) is 0 Å². The minimum atomic E-state index is 0.577. The molecule has 0 fully saturated rings. The van der Waals surface area contributed by atoms with Crippen molar-refractivity contribution in [2.45, 2.75) is 41.0 Å². The van der Waals surface area contributed by atoms with Gasteiger partial charge >= 0.3 is 0 Å². The molecule has 0 heterocycles. The highest BCUT2D eigenvalue weighted by Crippen LogP contribution is 2.20. The summed E-state index contributed by atoms with van der Waals surface area (Å²) >= 11 is 0. The first-order valence-electron chi connectivity index (χ1n) is 7.35. The third kappa shape index (κ3) is 8.83. The number of aliphatic imine (C=N–C) groups is 1. The molecule has 4 N–H and O–H groups in total. The van der Waals surface area contributed by atoms with Crippen LogP contribution in [0, 0.1) is 17.8 Å². The number of rotatable bonds is 9. The molecule has 0 radical (unpaired) electrons. The number of nitrogens with one attached hydrogen (secondary N) is 2. The summed E-state index contributed by atoms with van der Waals surface area (Å²) in [6, 6.07) is 0. The zero-order valence-corrected chi connectivity index (χ0v) is 13.2. The van der Waals surface area contributed by atoms with Gasteiger partial charge in [0.15, 0.2) is 0 Å². The molecule has 0 aromatic heterocycles. The first-order chi connectivity index (χ1) is 9.02. The maximum Gasteiger partial charge on any atom is 0.205 e. The molecule has 0 aromatic carbocycles. The van der Waals surface area contributed by atoms with Gasteiger partial charge in [-0.25, -0.2) is 5.84 Å². The van der Waals surface area contributed by atoms with Gasteiger partial charge in [-0.1, -0.05) is 27.7 Å². The topological polar surface area (TPSA) is 71.7 Å². The molecule has 0 bridgehead atoms. The van der Waals surface area contributed by atoms with Crippen molar-refractivity contribution < 1.29 is 4.74 Å². The van der Waals surface area contributed by atoms with E-state index in [1.807, 2.05) is 6.92 Å². The SMILES string of the molecule is CCOCCCNC(=NCC(C(C)C)C(C)C)NN. The highest BCUT2D eigenvalue weighted by molar-refractivity contribution is 5.79. The van der Waals surface area contributed by atoms with Crippen LogP contribution in [-0.2, 0) is 4.74 Å². The minimum Gasteiger partial charge on any atom is -0.382 e. The zero-order valence-electron chi connectivity index (χ0n) is 13.2. The second-order valence-corrected chi connectivity index (χ2v) is 5.46. The van der Waals surface area contributed by atoms with Gasteiger partial charge in [0.2, 0.25) is 5.96 Å². The normalized spacial score (nSPS) is 12.6. The van der Waals surface area contributed by atoms with Gasteiger partial charge in [0.1, 0.15) is 0 Å². The Kier molecular flexibility index (Phi) is 10.6. The number of guanidine groups is 1. The van der Waals surface area contributed by atoms with Gasteiger partial charge < -0.3 is 10.1 Å². The molecule has 0 aliphatic carbocycles. The molecule has 0 aliphatic heterocycles. The van der Waals surface area contributed by atoms with Gasteiger partial charge in [0.05, 0.1) is 0 Å². The van der Waals surface area contributed by atoms with E-state index in [1.54, 1.807) is 0 Å². The molecule has 19 heavy (non-hydrogen) atoms. The number of hydrogen-bond acceptors (Lipinski definition) is 3. The predicted molar refractivity (Wildman–Crippen MR) is 81.9 cm³/mol. The Hall–Kier alpha value is -0.810. The summed E-state index contributed by atoms with van der Waals surface area (Å²) in [5, 5.41) is 3.20. The van der Waals surface area contributed by atoms with E-state index in [-0.39, 0.29) is 0 Å². The lowest BCUT2D eigenvalue weighted by molar-refractivity contribution is 0.145. The molecular weight excluding hydrogens is 240 g/mol. The average Bonchev–Trinajstić information content (AvgIpc) is 2.35. The molecule has 0 aliphatic rings. The van der Waals surface area contributed by atoms with E-state index in [4.69, 9.17) is 10.6 Å². The zero-order chi connectivity index (χ0) is 14.7. The van der Waals surface area contributed by atoms with Crippen LogP contribution in [0.1, 0.15) is 41.0 Å². The number of hydrazine groups is 1. The van der Waals surface area contributed by atoms with Crippen molar-refractivity contribution >= 4 is 5.96 Å². The fraction of sp³-hybridized carbons (Fsp3) is 0.929. The van der Waals surface area contributed by atoms with Crippen LogP contribution < -0.4 is 16.6 Å². The van der Waals surface area contributed by atoms with Crippen LogP contribution in [0.4, 0.5) is 0 Å². The van der Waals surface area contributed by atoms with Crippen molar-refractivity contribution in [1.29, 1.82) is 0 Å². The Morgan fingerprint density at radius 1 is 1.21 bits per heavy atom. The van der Waals surface area contributed by atoms with E-state index in [1.165, 1.54) is 0 Å². The maximum absolute atomic E-state index is 5.48. The van der Waals surface area contributed by atoms with Crippen molar-refractivity contribution in [3.8, 4) is 0 Å². The quantitative estimate of drug-likeness (QED) is 0.197. The van der Waals surface area contributed by atoms with Crippen LogP contribution in [0.15, 0.2) is 4.99 Å². The third-order valence-corrected chi connectivity index (χ3v) is 3.27. The average molecular weight is 272 g/mol. The number of hydrogen-bond donors (Lipinski definition) is 3. The highest BCUT2D eigenvalue weighted by Gasteiger charge is 2.16. The molecule has 114 valence electrons. The fourth-order valence-corrected chi connectivity index (χ4v) is 2.07. The lowest BCUT2D eigenvalue weighted by Gasteiger charge is -2.23. The Labute approximate surface area is 118 Å². The fourth-order valence-electron chi connectivity index (χ4n) is 2.07. The summed E-state index contributed by atoms with van der Waals surface area (Å²) in [6.07, 6.45) is 0.951. The standard InChI is InChI=1S/C14H32N4O/c1-6-19-9-7-8-16-14(18-15)17-10-13(11(2)3)12(4)5/h11-13H,6-10,15H2,1-5H3,(H2,16,17,18). The number of nitrogens with zero attached hydrogens (tertiary/aromatic N) is 1.